The summed E-state index contributed by atoms with van der Waals surface area (Å²) in [6.07, 6.45) is 8.66. The highest BCUT2D eigenvalue weighted by Gasteiger charge is 2.38. The molecule has 3 heterocycles. The normalized spacial score (nSPS) is 27.0. The van der Waals surface area contributed by atoms with Crippen molar-refractivity contribution >= 4 is 16.3 Å². The molecule has 1 saturated carbocycles. The highest BCUT2D eigenvalue weighted by Crippen LogP contribution is 2.36. The third-order valence-corrected chi connectivity index (χ3v) is 5.53. The van der Waals surface area contributed by atoms with Crippen LogP contribution in [0.1, 0.15) is 37.8 Å². The molecular weight excluding hydrogens is 270 g/mol. The van der Waals surface area contributed by atoms with Crippen molar-refractivity contribution in [2.24, 2.45) is 5.92 Å². The zero-order chi connectivity index (χ0) is 13.5. The van der Waals surface area contributed by atoms with Crippen LogP contribution in [0.5, 0.6) is 0 Å². The molecule has 106 valence electrons. The minimum atomic E-state index is 0.0455. The SMILES string of the molecule is O=c1cc(CN2C[C@@H]3CCCCC[C@H]32)nc2sccn12. The smallest absolute Gasteiger partial charge is 0.258 e. The quantitative estimate of drug-likeness (QED) is 0.852. The topological polar surface area (TPSA) is 37.6 Å². The van der Waals surface area contributed by atoms with Gasteiger partial charge in [0.25, 0.3) is 5.56 Å². The van der Waals surface area contributed by atoms with Gasteiger partial charge >= 0.3 is 0 Å². The Morgan fingerprint density at radius 2 is 2.20 bits per heavy atom. The number of hydrogen-bond donors (Lipinski definition) is 0. The number of likely N-dealkylation sites (tertiary alicyclic amines) is 1. The van der Waals surface area contributed by atoms with E-state index >= 15 is 0 Å². The number of fused-ring (bicyclic) bond motifs is 2. The first-order valence-corrected chi connectivity index (χ1v) is 8.39. The van der Waals surface area contributed by atoms with Gasteiger partial charge in [0.2, 0.25) is 0 Å². The Hall–Kier alpha value is -1.20. The van der Waals surface area contributed by atoms with E-state index in [0.717, 1.165) is 29.2 Å². The monoisotopic (exact) mass is 289 g/mol. The van der Waals surface area contributed by atoms with Crippen LogP contribution < -0.4 is 5.56 Å². The van der Waals surface area contributed by atoms with Gasteiger partial charge < -0.3 is 0 Å². The van der Waals surface area contributed by atoms with E-state index in [1.807, 2.05) is 5.38 Å². The second kappa shape index (κ2) is 4.97. The van der Waals surface area contributed by atoms with Crippen LogP contribution in [0.2, 0.25) is 0 Å². The summed E-state index contributed by atoms with van der Waals surface area (Å²) >= 11 is 1.53. The molecule has 1 aliphatic heterocycles. The standard InChI is InChI=1S/C15H19N3OS/c19-14-8-12(16-15-18(14)6-7-20-15)10-17-9-11-4-2-1-3-5-13(11)17/h6-8,11,13H,1-5,9-10H2/t11-,13+/m0/s1. The van der Waals surface area contributed by atoms with Gasteiger partial charge in [0.05, 0.1) is 5.69 Å². The Morgan fingerprint density at radius 1 is 1.30 bits per heavy atom. The maximum absolute atomic E-state index is 12.0. The summed E-state index contributed by atoms with van der Waals surface area (Å²) in [5.41, 5.74) is 0.976. The van der Waals surface area contributed by atoms with E-state index in [9.17, 15) is 4.79 Å². The first-order chi connectivity index (χ1) is 9.81. The van der Waals surface area contributed by atoms with Crippen LogP contribution >= 0.6 is 11.3 Å². The molecule has 0 spiro atoms. The maximum atomic E-state index is 12.0. The lowest BCUT2D eigenvalue weighted by molar-refractivity contribution is 0.00205. The van der Waals surface area contributed by atoms with Crippen LogP contribution in [0.15, 0.2) is 22.4 Å². The summed E-state index contributed by atoms with van der Waals surface area (Å²) in [5.74, 6) is 0.893. The number of hydrogen-bond acceptors (Lipinski definition) is 4. The van der Waals surface area contributed by atoms with Crippen molar-refractivity contribution in [2.75, 3.05) is 6.54 Å². The minimum Gasteiger partial charge on any atom is -0.294 e. The van der Waals surface area contributed by atoms with E-state index < -0.39 is 0 Å². The molecule has 0 aromatic carbocycles. The van der Waals surface area contributed by atoms with E-state index in [1.165, 1.54) is 50.0 Å². The molecule has 2 atom stereocenters. The van der Waals surface area contributed by atoms with Gasteiger partial charge in [-0.2, -0.15) is 0 Å². The van der Waals surface area contributed by atoms with Gasteiger partial charge in [-0.25, -0.2) is 4.98 Å². The summed E-state index contributed by atoms with van der Waals surface area (Å²) < 4.78 is 1.62. The summed E-state index contributed by atoms with van der Waals surface area (Å²) in [6, 6.07) is 2.44. The maximum Gasteiger partial charge on any atom is 0.258 e. The zero-order valence-electron chi connectivity index (χ0n) is 11.5. The second-order valence-corrected chi connectivity index (χ2v) is 6.91. The lowest BCUT2D eigenvalue weighted by atomic mass is 9.84. The van der Waals surface area contributed by atoms with E-state index in [-0.39, 0.29) is 5.56 Å². The molecular formula is C15H19N3OS. The summed E-state index contributed by atoms with van der Waals surface area (Å²) in [4.78, 5) is 19.9. The van der Waals surface area contributed by atoms with E-state index in [4.69, 9.17) is 0 Å². The molecule has 5 heteroatoms. The number of nitrogens with zero attached hydrogens (tertiary/aromatic N) is 3. The summed E-state index contributed by atoms with van der Waals surface area (Å²) in [6.45, 7) is 2.03. The van der Waals surface area contributed by atoms with Crippen molar-refractivity contribution in [3.63, 3.8) is 0 Å². The fourth-order valence-corrected chi connectivity index (χ4v) is 4.45. The molecule has 0 bridgehead atoms. The Kier molecular flexibility index (Phi) is 3.11. The predicted octanol–water partition coefficient (Wildman–Crippen LogP) is 2.52. The third-order valence-electron chi connectivity index (χ3n) is 4.78. The molecule has 0 N–H and O–H groups in total. The van der Waals surface area contributed by atoms with Crippen LogP contribution in [-0.4, -0.2) is 26.9 Å². The van der Waals surface area contributed by atoms with Gasteiger partial charge in [0.15, 0.2) is 4.96 Å². The molecule has 2 aromatic heterocycles. The van der Waals surface area contributed by atoms with Gasteiger partial charge in [-0.05, 0) is 18.8 Å². The predicted molar refractivity (Wildman–Crippen MR) is 80.1 cm³/mol. The van der Waals surface area contributed by atoms with Crippen LogP contribution in [0.25, 0.3) is 4.96 Å². The fourth-order valence-electron chi connectivity index (χ4n) is 3.72. The molecule has 4 rings (SSSR count). The second-order valence-electron chi connectivity index (χ2n) is 6.04. The van der Waals surface area contributed by atoms with Gasteiger partial charge in [-0.3, -0.25) is 14.1 Å². The van der Waals surface area contributed by atoms with Crippen molar-refractivity contribution in [1.29, 1.82) is 0 Å². The average Bonchev–Trinajstić information content (AvgIpc) is 2.80. The van der Waals surface area contributed by atoms with E-state index in [2.05, 4.69) is 9.88 Å². The van der Waals surface area contributed by atoms with Crippen LogP contribution in [-0.2, 0) is 6.54 Å². The number of thiazole rings is 1. The summed E-state index contributed by atoms with van der Waals surface area (Å²) in [5, 5.41) is 1.92. The Labute approximate surface area is 122 Å². The van der Waals surface area contributed by atoms with E-state index in [1.54, 1.807) is 16.7 Å². The molecule has 2 fully saturated rings. The lowest BCUT2D eigenvalue weighted by Gasteiger charge is -2.47. The van der Waals surface area contributed by atoms with Crippen molar-refractivity contribution in [3.05, 3.63) is 33.7 Å². The van der Waals surface area contributed by atoms with Gasteiger partial charge in [-0.15, -0.1) is 11.3 Å². The molecule has 2 aliphatic rings. The highest BCUT2D eigenvalue weighted by molar-refractivity contribution is 7.15. The Bertz CT molecular complexity index is 677. The van der Waals surface area contributed by atoms with Crippen molar-refractivity contribution < 1.29 is 0 Å². The fraction of sp³-hybridized carbons (Fsp3) is 0.600. The summed E-state index contributed by atoms with van der Waals surface area (Å²) in [7, 11) is 0. The molecule has 4 nitrogen and oxygen atoms in total. The number of aromatic nitrogens is 2. The third kappa shape index (κ3) is 2.09. The van der Waals surface area contributed by atoms with Gasteiger partial charge in [0, 0.05) is 36.8 Å². The minimum absolute atomic E-state index is 0.0455. The van der Waals surface area contributed by atoms with Crippen molar-refractivity contribution in [3.8, 4) is 0 Å². The molecule has 1 saturated heterocycles. The average molecular weight is 289 g/mol. The molecule has 1 aliphatic carbocycles. The first kappa shape index (κ1) is 12.5. The zero-order valence-corrected chi connectivity index (χ0v) is 12.3. The van der Waals surface area contributed by atoms with Crippen LogP contribution in [0, 0.1) is 5.92 Å². The first-order valence-electron chi connectivity index (χ1n) is 7.51. The largest absolute Gasteiger partial charge is 0.294 e. The Balaban J connectivity index is 1.54. The molecule has 20 heavy (non-hydrogen) atoms. The number of rotatable bonds is 2. The Morgan fingerprint density at radius 3 is 3.15 bits per heavy atom. The van der Waals surface area contributed by atoms with Crippen LogP contribution in [0.4, 0.5) is 0 Å². The van der Waals surface area contributed by atoms with Crippen molar-refractivity contribution in [2.45, 2.75) is 44.7 Å². The molecule has 0 unspecified atom stereocenters. The lowest BCUT2D eigenvalue weighted by Crippen LogP contribution is -2.55. The van der Waals surface area contributed by atoms with Crippen molar-refractivity contribution in [1.82, 2.24) is 14.3 Å². The van der Waals surface area contributed by atoms with Gasteiger partial charge in [-0.1, -0.05) is 19.3 Å². The highest BCUT2D eigenvalue weighted by atomic mass is 32.1. The molecule has 2 aromatic rings. The molecule has 0 radical (unpaired) electrons. The van der Waals surface area contributed by atoms with E-state index in [0.29, 0.717) is 0 Å². The van der Waals surface area contributed by atoms with Gasteiger partial charge in [0.1, 0.15) is 0 Å². The van der Waals surface area contributed by atoms with Crippen LogP contribution in [0.3, 0.4) is 0 Å². The molecule has 0 amide bonds.